The molecule has 1 aromatic carbocycles. The van der Waals surface area contributed by atoms with Crippen LogP contribution in [0.2, 0.25) is 0 Å². The Morgan fingerprint density at radius 1 is 1.23 bits per heavy atom. The van der Waals surface area contributed by atoms with E-state index in [-0.39, 0.29) is 31.3 Å². The second kappa shape index (κ2) is 10.8. The molecule has 0 saturated carbocycles. The van der Waals surface area contributed by atoms with Crippen LogP contribution in [0.3, 0.4) is 0 Å². The molecular formula is C19H25N5O6. The van der Waals surface area contributed by atoms with Crippen molar-refractivity contribution in [1.29, 1.82) is 5.41 Å². The number of benzene rings is 1. The van der Waals surface area contributed by atoms with Crippen LogP contribution in [-0.4, -0.2) is 55.5 Å². The quantitative estimate of drug-likeness (QED) is 0.217. The van der Waals surface area contributed by atoms with E-state index in [9.17, 15) is 19.2 Å². The fourth-order valence-electron chi connectivity index (χ4n) is 2.78. The van der Waals surface area contributed by atoms with E-state index in [4.69, 9.17) is 10.1 Å². The SMILES string of the molecule is CCOC(=O)CCNC(=O)N[C@H]1CCN(c2ccc(C(=N)NOC(C)=O)cc2)C1=O. The lowest BCUT2D eigenvalue weighted by Crippen LogP contribution is -2.46. The van der Waals surface area contributed by atoms with E-state index in [0.717, 1.165) is 0 Å². The maximum Gasteiger partial charge on any atom is 0.329 e. The van der Waals surface area contributed by atoms with Crippen molar-refractivity contribution < 1.29 is 28.8 Å². The lowest BCUT2D eigenvalue weighted by molar-refractivity contribution is -0.145. The molecule has 2 rings (SSSR count). The van der Waals surface area contributed by atoms with Gasteiger partial charge in [0.2, 0.25) is 5.91 Å². The van der Waals surface area contributed by atoms with Crippen molar-refractivity contribution in [2.24, 2.45) is 0 Å². The maximum atomic E-state index is 12.6. The number of ether oxygens (including phenoxy) is 1. The first kappa shape index (κ1) is 22.7. The number of nitrogens with zero attached hydrogens (tertiary/aromatic N) is 1. The van der Waals surface area contributed by atoms with E-state index in [0.29, 0.717) is 24.2 Å². The minimum absolute atomic E-state index is 0.0552. The van der Waals surface area contributed by atoms with Crippen molar-refractivity contribution in [3.05, 3.63) is 29.8 Å². The molecule has 1 aromatic rings. The van der Waals surface area contributed by atoms with Gasteiger partial charge in [0.15, 0.2) is 5.84 Å². The van der Waals surface area contributed by atoms with Gasteiger partial charge in [0.1, 0.15) is 6.04 Å². The van der Waals surface area contributed by atoms with Gasteiger partial charge >= 0.3 is 18.0 Å². The summed E-state index contributed by atoms with van der Waals surface area (Å²) in [5.41, 5.74) is 3.32. The molecule has 162 valence electrons. The summed E-state index contributed by atoms with van der Waals surface area (Å²) in [6.45, 7) is 3.74. The first-order chi connectivity index (χ1) is 14.3. The lowest BCUT2D eigenvalue weighted by atomic mass is 10.2. The maximum absolute atomic E-state index is 12.6. The minimum Gasteiger partial charge on any atom is -0.466 e. The number of anilines is 1. The van der Waals surface area contributed by atoms with Crippen molar-refractivity contribution in [1.82, 2.24) is 16.1 Å². The third-order valence-electron chi connectivity index (χ3n) is 4.20. The van der Waals surface area contributed by atoms with E-state index in [1.54, 1.807) is 31.2 Å². The highest BCUT2D eigenvalue weighted by Gasteiger charge is 2.33. The largest absolute Gasteiger partial charge is 0.466 e. The molecule has 4 N–H and O–H groups in total. The van der Waals surface area contributed by atoms with Crippen LogP contribution in [-0.2, 0) is 24.0 Å². The van der Waals surface area contributed by atoms with E-state index < -0.39 is 24.0 Å². The molecule has 3 amide bonds. The Morgan fingerprint density at radius 2 is 1.93 bits per heavy atom. The van der Waals surface area contributed by atoms with Crippen LogP contribution in [0.1, 0.15) is 32.3 Å². The summed E-state index contributed by atoms with van der Waals surface area (Å²) >= 11 is 0. The third-order valence-corrected chi connectivity index (χ3v) is 4.20. The van der Waals surface area contributed by atoms with Crippen LogP contribution in [0, 0.1) is 5.41 Å². The van der Waals surface area contributed by atoms with E-state index in [1.807, 2.05) is 0 Å². The molecule has 1 fully saturated rings. The number of hydrogen-bond acceptors (Lipinski definition) is 7. The molecule has 11 nitrogen and oxygen atoms in total. The second-order valence-corrected chi connectivity index (χ2v) is 6.40. The van der Waals surface area contributed by atoms with Crippen LogP contribution >= 0.6 is 0 Å². The average Bonchev–Trinajstić information content (AvgIpc) is 3.06. The predicted octanol–water partition coefficient (Wildman–Crippen LogP) is 0.437. The molecule has 0 aliphatic carbocycles. The summed E-state index contributed by atoms with van der Waals surface area (Å²) in [7, 11) is 0. The van der Waals surface area contributed by atoms with Gasteiger partial charge in [0.05, 0.1) is 13.0 Å². The van der Waals surface area contributed by atoms with Crippen molar-refractivity contribution in [3.8, 4) is 0 Å². The highest BCUT2D eigenvalue weighted by atomic mass is 16.7. The Labute approximate surface area is 173 Å². The number of hydroxylamine groups is 1. The summed E-state index contributed by atoms with van der Waals surface area (Å²) in [5, 5.41) is 12.9. The van der Waals surface area contributed by atoms with Crippen molar-refractivity contribution in [2.45, 2.75) is 32.7 Å². The Hall–Kier alpha value is -3.63. The number of carbonyl (C=O) groups excluding carboxylic acids is 4. The smallest absolute Gasteiger partial charge is 0.329 e. The van der Waals surface area contributed by atoms with Crippen LogP contribution in [0.15, 0.2) is 24.3 Å². The number of nitrogens with one attached hydrogen (secondary N) is 4. The van der Waals surface area contributed by atoms with Gasteiger partial charge in [0.25, 0.3) is 0 Å². The Kier molecular flexibility index (Phi) is 8.15. The molecular weight excluding hydrogens is 394 g/mol. The zero-order valence-corrected chi connectivity index (χ0v) is 16.8. The monoisotopic (exact) mass is 419 g/mol. The van der Waals surface area contributed by atoms with Crippen LogP contribution < -0.4 is 21.0 Å². The number of hydrogen-bond donors (Lipinski definition) is 4. The zero-order chi connectivity index (χ0) is 22.1. The predicted molar refractivity (Wildman–Crippen MR) is 107 cm³/mol. The number of esters is 1. The van der Waals surface area contributed by atoms with E-state index in [1.165, 1.54) is 11.8 Å². The van der Waals surface area contributed by atoms with Gasteiger partial charge in [-0.15, -0.1) is 0 Å². The Morgan fingerprint density at radius 3 is 2.57 bits per heavy atom. The summed E-state index contributed by atoms with van der Waals surface area (Å²) < 4.78 is 4.77. The Balaban J connectivity index is 1.84. The molecule has 0 aromatic heterocycles. The van der Waals surface area contributed by atoms with Gasteiger partial charge in [-0.1, -0.05) is 0 Å². The molecule has 11 heteroatoms. The highest BCUT2D eigenvalue weighted by Crippen LogP contribution is 2.22. The summed E-state index contributed by atoms with van der Waals surface area (Å²) in [6, 6.07) is 5.36. The van der Waals surface area contributed by atoms with Crippen molar-refractivity contribution in [3.63, 3.8) is 0 Å². The van der Waals surface area contributed by atoms with Crippen molar-refractivity contribution >= 4 is 35.4 Å². The standard InChI is InChI=1S/C19H25N5O6/c1-3-29-16(26)8-10-21-19(28)22-15-9-11-24(18(15)27)14-6-4-13(5-7-14)17(20)23-30-12(2)25/h4-7,15H,3,8-11H2,1-2H3,(H2,20,23)(H2,21,22,28)/t15-/m0/s1. The molecule has 0 bridgehead atoms. The number of rotatable bonds is 7. The summed E-state index contributed by atoms with van der Waals surface area (Å²) in [4.78, 5) is 52.7. The first-order valence-electron chi connectivity index (χ1n) is 9.45. The number of amides is 3. The van der Waals surface area contributed by atoms with Gasteiger partial charge in [-0.2, -0.15) is 0 Å². The molecule has 0 radical (unpaired) electrons. The molecule has 1 atom stereocenters. The summed E-state index contributed by atoms with van der Waals surface area (Å²) in [5.74, 6) is -1.32. The molecule has 0 spiro atoms. The molecule has 1 aliphatic heterocycles. The highest BCUT2D eigenvalue weighted by molar-refractivity contribution is 6.02. The minimum atomic E-state index is -0.670. The molecule has 1 aliphatic rings. The van der Waals surface area contributed by atoms with Gasteiger partial charge < -0.3 is 25.1 Å². The molecule has 1 saturated heterocycles. The fraction of sp³-hybridized carbons (Fsp3) is 0.421. The Bertz CT molecular complexity index is 810. The van der Waals surface area contributed by atoms with Crippen molar-refractivity contribution in [2.75, 3.05) is 24.6 Å². The van der Waals surface area contributed by atoms with Crippen LogP contribution in [0.4, 0.5) is 10.5 Å². The third kappa shape index (κ3) is 6.47. The van der Waals surface area contributed by atoms with E-state index >= 15 is 0 Å². The zero-order valence-electron chi connectivity index (χ0n) is 16.8. The molecule has 0 unspecified atom stereocenters. The number of urea groups is 1. The van der Waals surface area contributed by atoms with Gasteiger partial charge in [-0.3, -0.25) is 19.8 Å². The van der Waals surface area contributed by atoms with Crippen LogP contribution in [0.5, 0.6) is 0 Å². The summed E-state index contributed by atoms with van der Waals surface area (Å²) in [6.07, 6.45) is 0.495. The lowest BCUT2D eigenvalue weighted by Gasteiger charge is -2.18. The average molecular weight is 419 g/mol. The van der Waals surface area contributed by atoms with Gasteiger partial charge in [-0.05, 0) is 37.6 Å². The van der Waals surface area contributed by atoms with Gasteiger partial charge in [0, 0.05) is 31.3 Å². The van der Waals surface area contributed by atoms with Gasteiger partial charge in [-0.25, -0.2) is 10.3 Å². The molecule has 1 heterocycles. The second-order valence-electron chi connectivity index (χ2n) is 6.40. The first-order valence-corrected chi connectivity index (χ1v) is 9.45. The number of carbonyl (C=O) groups is 4. The topological polar surface area (TPSA) is 150 Å². The fourth-order valence-corrected chi connectivity index (χ4v) is 2.78. The molecule has 30 heavy (non-hydrogen) atoms. The van der Waals surface area contributed by atoms with E-state index in [2.05, 4.69) is 21.0 Å². The normalized spacial score (nSPS) is 15.3. The van der Waals surface area contributed by atoms with Crippen LogP contribution in [0.25, 0.3) is 0 Å². The number of amidine groups is 1.